The molecule has 110 valence electrons. The van der Waals surface area contributed by atoms with Crippen molar-refractivity contribution in [1.29, 1.82) is 0 Å². The molecular weight excluding hydrogens is 268 g/mol. The third kappa shape index (κ3) is 4.17. The maximum atomic E-state index is 11.8. The molecule has 6 nitrogen and oxygen atoms in total. The summed E-state index contributed by atoms with van der Waals surface area (Å²) in [5, 5.41) is 9.55. The Morgan fingerprint density at radius 3 is 2.67 bits per heavy atom. The number of rotatable bonds is 5. The highest BCUT2D eigenvalue weighted by molar-refractivity contribution is 5.86. The largest absolute Gasteiger partial charge is 0.350 e. The molecule has 2 rings (SSSR count). The molecular formula is C15H18N4O2. The molecule has 6 heteroatoms. The Labute approximate surface area is 123 Å². The van der Waals surface area contributed by atoms with E-state index in [1.807, 2.05) is 36.5 Å². The van der Waals surface area contributed by atoms with Crippen LogP contribution in [0.2, 0.25) is 0 Å². The fraction of sp³-hybridized carbons (Fsp3) is 0.267. The second kappa shape index (κ2) is 6.69. The van der Waals surface area contributed by atoms with Crippen molar-refractivity contribution < 1.29 is 9.59 Å². The van der Waals surface area contributed by atoms with E-state index in [1.54, 1.807) is 17.8 Å². The molecule has 0 radical (unpaired) electrons. The maximum Gasteiger partial charge on any atom is 0.242 e. The monoisotopic (exact) mass is 286 g/mol. The summed E-state index contributed by atoms with van der Waals surface area (Å²) in [5.74, 6) is -0.452. The first kappa shape index (κ1) is 14.8. The fourth-order valence-corrected chi connectivity index (χ4v) is 1.89. The van der Waals surface area contributed by atoms with Crippen LogP contribution in [0.4, 0.5) is 0 Å². The minimum atomic E-state index is -0.549. The molecule has 0 fully saturated rings. The average molecular weight is 286 g/mol. The topological polar surface area (TPSA) is 76.0 Å². The van der Waals surface area contributed by atoms with Gasteiger partial charge in [0.15, 0.2) is 0 Å². The smallest absolute Gasteiger partial charge is 0.242 e. The molecule has 0 saturated carbocycles. The Balaban J connectivity index is 1.91. The van der Waals surface area contributed by atoms with Crippen molar-refractivity contribution in [1.82, 2.24) is 20.4 Å². The summed E-state index contributed by atoms with van der Waals surface area (Å²) in [6, 6.07) is 9.17. The van der Waals surface area contributed by atoms with Crippen LogP contribution in [0.3, 0.4) is 0 Å². The van der Waals surface area contributed by atoms with Crippen LogP contribution in [0.15, 0.2) is 42.7 Å². The Morgan fingerprint density at radius 2 is 2.00 bits per heavy atom. The van der Waals surface area contributed by atoms with Gasteiger partial charge in [-0.25, -0.2) is 4.68 Å². The van der Waals surface area contributed by atoms with Crippen molar-refractivity contribution in [3.63, 3.8) is 0 Å². The molecule has 0 aliphatic heterocycles. The lowest BCUT2D eigenvalue weighted by molar-refractivity contribution is -0.127. The van der Waals surface area contributed by atoms with Gasteiger partial charge in [0.2, 0.25) is 11.8 Å². The summed E-state index contributed by atoms with van der Waals surface area (Å²) < 4.78 is 1.75. The Hall–Kier alpha value is -2.63. The van der Waals surface area contributed by atoms with Gasteiger partial charge in [0, 0.05) is 25.2 Å². The standard InChI is InChI=1S/C15H18N4O2/c1-11(18-12(2)20)15(21)16-8-13-9-17-19(10-13)14-6-4-3-5-7-14/h3-7,9-11H,8H2,1-2H3,(H,16,21)(H,18,20). The van der Waals surface area contributed by atoms with E-state index in [0.29, 0.717) is 6.54 Å². The van der Waals surface area contributed by atoms with Crippen molar-refractivity contribution in [3.8, 4) is 5.69 Å². The number of hydrogen-bond donors (Lipinski definition) is 2. The highest BCUT2D eigenvalue weighted by Gasteiger charge is 2.13. The number of amides is 2. The van der Waals surface area contributed by atoms with Crippen LogP contribution < -0.4 is 10.6 Å². The van der Waals surface area contributed by atoms with Crippen molar-refractivity contribution >= 4 is 11.8 Å². The van der Waals surface area contributed by atoms with Crippen LogP contribution in [0, 0.1) is 0 Å². The van der Waals surface area contributed by atoms with Gasteiger partial charge < -0.3 is 10.6 Å². The Kier molecular flexibility index (Phi) is 4.71. The molecule has 1 heterocycles. The lowest BCUT2D eigenvalue weighted by Crippen LogP contribution is -2.43. The second-order valence-corrected chi connectivity index (χ2v) is 4.77. The molecule has 21 heavy (non-hydrogen) atoms. The molecule has 1 aromatic heterocycles. The number of para-hydroxylation sites is 1. The van der Waals surface area contributed by atoms with E-state index in [-0.39, 0.29) is 11.8 Å². The van der Waals surface area contributed by atoms with Crippen molar-refractivity contribution in [2.24, 2.45) is 0 Å². The van der Waals surface area contributed by atoms with E-state index in [9.17, 15) is 9.59 Å². The quantitative estimate of drug-likeness (QED) is 0.861. The average Bonchev–Trinajstić information content (AvgIpc) is 2.94. The number of carbonyl (C=O) groups excluding carboxylic acids is 2. The van der Waals surface area contributed by atoms with E-state index >= 15 is 0 Å². The van der Waals surface area contributed by atoms with E-state index < -0.39 is 6.04 Å². The van der Waals surface area contributed by atoms with Crippen molar-refractivity contribution in [2.75, 3.05) is 0 Å². The minimum Gasteiger partial charge on any atom is -0.350 e. The Bertz CT molecular complexity index is 622. The third-order valence-electron chi connectivity index (χ3n) is 2.94. The normalized spacial score (nSPS) is 11.7. The van der Waals surface area contributed by atoms with E-state index in [2.05, 4.69) is 15.7 Å². The summed E-state index contributed by atoms with van der Waals surface area (Å²) in [6.45, 7) is 3.40. The predicted molar refractivity (Wildman–Crippen MR) is 78.7 cm³/mol. The van der Waals surface area contributed by atoms with Gasteiger partial charge >= 0.3 is 0 Å². The molecule has 1 aromatic carbocycles. The van der Waals surface area contributed by atoms with Crippen LogP contribution in [0.25, 0.3) is 5.69 Å². The number of hydrogen-bond acceptors (Lipinski definition) is 3. The molecule has 2 aromatic rings. The lowest BCUT2D eigenvalue weighted by Gasteiger charge is -2.11. The van der Waals surface area contributed by atoms with Crippen LogP contribution in [-0.2, 0) is 16.1 Å². The first-order valence-corrected chi connectivity index (χ1v) is 6.70. The molecule has 0 saturated heterocycles. The molecule has 2 N–H and O–H groups in total. The number of benzene rings is 1. The predicted octanol–water partition coefficient (Wildman–Crippen LogP) is 1.01. The zero-order valence-electron chi connectivity index (χ0n) is 12.0. The SMILES string of the molecule is CC(=O)NC(C)C(=O)NCc1cnn(-c2ccccc2)c1. The summed E-state index contributed by atoms with van der Waals surface area (Å²) >= 11 is 0. The van der Waals surface area contributed by atoms with E-state index in [0.717, 1.165) is 11.3 Å². The number of carbonyl (C=O) groups is 2. The van der Waals surface area contributed by atoms with Gasteiger partial charge in [0.1, 0.15) is 6.04 Å². The molecule has 1 atom stereocenters. The van der Waals surface area contributed by atoms with Crippen LogP contribution in [0.5, 0.6) is 0 Å². The van der Waals surface area contributed by atoms with Crippen LogP contribution in [0.1, 0.15) is 19.4 Å². The second-order valence-electron chi connectivity index (χ2n) is 4.77. The van der Waals surface area contributed by atoms with Crippen molar-refractivity contribution in [3.05, 3.63) is 48.3 Å². The van der Waals surface area contributed by atoms with Gasteiger partial charge in [-0.05, 0) is 19.1 Å². The summed E-state index contributed by atoms with van der Waals surface area (Å²) in [5.41, 5.74) is 1.85. The van der Waals surface area contributed by atoms with E-state index in [4.69, 9.17) is 0 Å². The van der Waals surface area contributed by atoms with Gasteiger partial charge in [0.25, 0.3) is 0 Å². The molecule has 0 bridgehead atoms. The highest BCUT2D eigenvalue weighted by Crippen LogP contribution is 2.07. The molecule has 0 aliphatic rings. The molecule has 0 spiro atoms. The third-order valence-corrected chi connectivity index (χ3v) is 2.94. The number of nitrogens with one attached hydrogen (secondary N) is 2. The maximum absolute atomic E-state index is 11.8. The minimum absolute atomic E-state index is 0.224. The zero-order valence-corrected chi connectivity index (χ0v) is 12.0. The highest BCUT2D eigenvalue weighted by atomic mass is 16.2. The Morgan fingerprint density at radius 1 is 1.29 bits per heavy atom. The summed E-state index contributed by atoms with van der Waals surface area (Å²) in [4.78, 5) is 22.7. The first-order valence-electron chi connectivity index (χ1n) is 6.70. The zero-order chi connectivity index (χ0) is 15.2. The molecule has 2 amide bonds. The first-order chi connectivity index (χ1) is 10.1. The van der Waals surface area contributed by atoms with Crippen LogP contribution >= 0.6 is 0 Å². The fourth-order valence-electron chi connectivity index (χ4n) is 1.89. The van der Waals surface area contributed by atoms with Gasteiger partial charge in [-0.15, -0.1) is 0 Å². The molecule has 1 unspecified atom stereocenters. The van der Waals surface area contributed by atoms with Crippen molar-refractivity contribution in [2.45, 2.75) is 26.4 Å². The number of nitrogens with zero attached hydrogens (tertiary/aromatic N) is 2. The molecule has 0 aliphatic carbocycles. The van der Waals surface area contributed by atoms with Gasteiger partial charge in [0.05, 0.1) is 11.9 Å². The summed E-state index contributed by atoms with van der Waals surface area (Å²) in [6.07, 6.45) is 3.56. The van der Waals surface area contributed by atoms with Gasteiger partial charge in [-0.2, -0.15) is 5.10 Å². The van der Waals surface area contributed by atoms with Crippen LogP contribution in [-0.4, -0.2) is 27.6 Å². The van der Waals surface area contributed by atoms with Gasteiger partial charge in [-0.3, -0.25) is 9.59 Å². The number of aromatic nitrogens is 2. The van der Waals surface area contributed by atoms with Gasteiger partial charge in [-0.1, -0.05) is 18.2 Å². The lowest BCUT2D eigenvalue weighted by atomic mass is 10.3. The summed E-state index contributed by atoms with van der Waals surface area (Å²) in [7, 11) is 0. The van der Waals surface area contributed by atoms with E-state index in [1.165, 1.54) is 6.92 Å².